The van der Waals surface area contributed by atoms with Crippen LogP contribution in [0.4, 0.5) is 5.69 Å². The Hall–Kier alpha value is -1.67. The number of aryl methyl sites for hydroxylation is 2. The Morgan fingerprint density at radius 3 is 2.32 bits per heavy atom. The molecule has 0 saturated carbocycles. The summed E-state index contributed by atoms with van der Waals surface area (Å²) in [5.41, 5.74) is 3.91. The zero-order valence-corrected chi connectivity index (χ0v) is 12.1. The van der Waals surface area contributed by atoms with Gasteiger partial charge in [-0.05, 0) is 50.1 Å². The van der Waals surface area contributed by atoms with Gasteiger partial charge in [0, 0.05) is 5.56 Å². The molecule has 2 aromatic carbocycles. The summed E-state index contributed by atoms with van der Waals surface area (Å²) in [6.07, 6.45) is 0. The SMILES string of the molecule is Cc1ccc(C(C)Nc2ccc(C)cc2Cl)c(O)c1. The summed E-state index contributed by atoms with van der Waals surface area (Å²) in [5, 5.41) is 14.0. The van der Waals surface area contributed by atoms with Crippen molar-refractivity contribution in [1.82, 2.24) is 0 Å². The first-order valence-electron chi connectivity index (χ1n) is 6.29. The number of phenolic OH excluding ortho intramolecular Hbond substituents is 1. The van der Waals surface area contributed by atoms with Crippen LogP contribution in [0.3, 0.4) is 0 Å². The molecule has 3 heteroatoms. The summed E-state index contributed by atoms with van der Waals surface area (Å²) in [6.45, 7) is 5.96. The molecule has 2 aromatic rings. The van der Waals surface area contributed by atoms with Crippen molar-refractivity contribution in [2.24, 2.45) is 0 Å². The Labute approximate surface area is 119 Å². The molecule has 2 rings (SSSR count). The maximum atomic E-state index is 9.98. The molecule has 2 N–H and O–H groups in total. The average Bonchev–Trinajstić information content (AvgIpc) is 2.32. The smallest absolute Gasteiger partial charge is 0.121 e. The van der Waals surface area contributed by atoms with Crippen LogP contribution in [0.1, 0.15) is 29.7 Å². The largest absolute Gasteiger partial charge is 0.508 e. The van der Waals surface area contributed by atoms with E-state index in [0.29, 0.717) is 10.8 Å². The third-order valence-corrected chi connectivity index (χ3v) is 3.46. The highest BCUT2D eigenvalue weighted by atomic mass is 35.5. The summed E-state index contributed by atoms with van der Waals surface area (Å²) in [7, 11) is 0. The van der Waals surface area contributed by atoms with Gasteiger partial charge in [0.1, 0.15) is 5.75 Å². The molecule has 100 valence electrons. The van der Waals surface area contributed by atoms with Crippen LogP contribution >= 0.6 is 11.6 Å². The van der Waals surface area contributed by atoms with E-state index >= 15 is 0 Å². The van der Waals surface area contributed by atoms with E-state index in [1.54, 1.807) is 6.07 Å². The minimum Gasteiger partial charge on any atom is -0.508 e. The van der Waals surface area contributed by atoms with Crippen molar-refractivity contribution in [3.05, 3.63) is 58.1 Å². The molecule has 0 radical (unpaired) electrons. The standard InChI is InChI=1S/C16H18ClNO/c1-10-5-7-15(14(17)8-10)18-12(3)13-6-4-11(2)9-16(13)19/h4-9,12,18-19H,1-3H3. The third kappa shape index (κ3) is 3.21. The highest BCUT2D eigenvalue weighted by molar-refractivity contribution is 6.33. The topological polar surface area (TPSA) is 32.3 Å². The maximum Gasteiger partial charge on any atom is 0.121 e. The first-order valence-corrected chi connectivity index (χ1v) is 6.67. The molecule has 0 aliphatic carbocycles. The van der Waals surface area contributed by atoms with Gasteiger partial charge in [0.25, 0.3) is 0 Å². The summed E-state index contributed by atoms with van der Waals surface area (Å²) in [6, 6.07) is 11.6. The Morgan fingerprint density at radius 2 is 1.68 bits per heavy atom. The van der Waals surface area contributed by atoms with Crippen molar-refractivity contribution >= 4 is 17.3 Å². The zero-order chi connectivity index (χ0) is 14.0. The second-order valence-corrected chi connectivity index (χ2v) is 5.32. The van der Waals surface area contributed by atoms with Crippen LogP contribution < -0.4 is 5.32 Å². The molecule has 19 heavy (non-hydrogen) atoms. The predicted octanol–water partition coefficient (Wildman–Crippen LogP) is 4.84. The molecule has 1 atom stereocenters. The molecule has 0 aliphatic rings. The van der Waals surface area contributed by atoms with Gasteiger partial charge in [-0.3, -0.25) is 0 Å². The van der Waals surface area contributed by atoms with Crippen molar-refractivity contribution in [1.29, 1.82) is 0 Å². The Balaban J connectivity index is 2.23. The molecule has 0 amide bonds. The summed E-state index contributed by atoms with van der Waals surface area (Å²) in [5.74, 6) is 0.309. The van der Waals surface area contributed by atoms with Crippen molar-refractivity contribution in [3.8, 4) is 5.75 Å². The van der Waals surface area contributed by atoms with Gasteiger partial charge in [-0.25, -0.2) is 0 Å². The number of nitrogens with one attached hydrogen (secondary N) is 1. The average molecular weight is 276 g/mol. The first kappa shape index (κ1) is 13.8. The van der Waals surface area contributed by atoms with E-state index < -0.39 is 0 Å². The number of benzene rings is 2. The van der Waals surface area contributed by atoms with Gasteiger partial charge < -0.3 is 10.4 Å². The predicted molar refractivity (Wildman–Crippen MR) is 81.1 cm³/mol. The molecule has 0 heterocycles. The molecular weight excluding hydrogens is 258 g/mol. The number of halogens is 1. The molecule has 0 saturated heterocycles. The third-order valence-electron chi connectivity index (χ3n) is 3.15. The molecule has 0 bridgehead atoms. The lowest BCUT2D eigenvalue weighted by atomic mass is 10.0. The minimum atomic E-state index is -0.0131. The molecule has 0 aromatic heterocycles. The fourth-order valence-corrected chi connectivity index (χ4v) is 2.36. The summed E-state index contributed by atoms with van der Waals surface area (Å²) >= 11 is 6.20. The lowest BCUT2D eigenvalue weighted by molar-refractivity contribution is 0.465. The Bertz CT molecular complexity index is 595. The van der Waals surface area contributed by atoms with Crippen LogP contribution in [-0.2, 0) is 0 Å². The number of aromatic hydroxyl groups is 1. The van der Waals surface area contributed by atoms with Gasteiger partial charge in [-0.15, -0.1) is 0 Å². The van der Waals surface area contributed by atoms with E-state index in [1.165, 1.54) is 0 Å². The molecule has 2 nitrogen and oxygen atoms in total. The fourth-order valence-electron chi connectivity index (χ4n) is 2.07. The van der Waals surface area contributed by atoms with E-state index in [4.69, 9.17) is 11.6 Å². The Morgan fingerprint density at radius 1 is 1.05 bits per heavy atom. The number of rotatable bonds is 3. The fraction of sp³-hybridized carbons (Fsp3) is 0.250. The van der Waals surface area contributed by atoms with Gasteiger partial charge in [-0.1, -0.05) is 29.8 Å². The van der Waals surface area contributed by atoms with E-state index in [9.17, 15) is 5.11 Å². The highest BCUT2D eigenvalue weighted by Gasteiger charge is 2.11. The minimum absolute atomic E-state index is 0.0131. The lowest BCUT2D eigenvalue weighted by Crippen LogP contribution is -2.07. The molecular formula is C16H18ClNO. The van der Waals surface area contributed by atoms with Gasteiger partial charge in [-0.2, -0.15) is 0 Å². The van der Waals surface area contributed by atoms with E-state index in [-0.39, 0.29) is 6.04 Å². The second kappa shape index (κ2) is 5.54. The van der Waals surface area contributed by atoms with Gasteiger partial charge in [0.05, 0.1) is 16.8 Å². The normalized spacial score (nSPS) is 12.2. The van der Waals surface area contributed by atoms with Crippen molar-refractivity contribution in [2.45, 2.75) is 26.8 Å². The molecule has 0 fully saturated rings. The zero-order valence-electron chi connectivity index (χ0n) is 11.4. The monoisotopic (exact) mass is 275 g/mol. The summed E-state index contributed by atoms with van der Waals surface area (Å²) < 4.78 is 0. The second-order valence-electron chi connectivity index (χ2n) is 4.91. The van der Waals surface area contributed by atoms with Crippen molar-refractivity contribution in [2.75, 3.05) is 5.32 Å². The molecule has 0 spiro atoms. The first-order chi connectivity index (χ1) is 8.97. The number of phenols is 1. The van der Waals surface area contributed by atoms with E-state index in [1.807, 2.05) is 51.1 Å². The van der Waals surface area contributed by atoms with E-state index in [0.717, 1.165) is 22.4 Å². The van der Waals surface area contributed by atoms with Crippen LogP contribution in [-0.4, -0.2) is 5.11 Å². The van der Waals surface area contributed by atoms with Crippen LogP contribution in [0.25, 0.3) is 0 Å². The van der Waals surface area contributed by atoms with Gasteiger partial charge >= 0.3 is 0 Å². The maximum absolute atomic E-state index is 9.98. The summed E-state index contributed by atoms with van der Waals surface area (Å²) in [4.78, 5) is 0. The van der Waals surface area contributed by atoms with Crippen molar-refractivity contribution < 1.29 is 5.11 Å². The number of hydrogen-bond acceptors (Lipinski definition) is 2. The lowest BCUT2D eigenvalue weighted by Gasteiger charge is -2.18. The quantitative estimate of drug-likeness (QED) is 0.840. The van der Waals surface area contributed by atoms with E-state index in [2.05, 4.69) is 5.32 Å². The highest BCUT2D eigenvalue weighted by Crippen LogP contribution is 2.30. The van der Waals surface area contributed by atoms with Crippen LogP contribution in [0.15, 0.2) is 36.4 Å². The number of hydrogen-bond donors (Lipinski definition) is 2. The Kier molecular flexibility index (Phi) is 4.01. The van der Waals surface area contributed by atoms with Crippen molar-refractivity contribution in [3.63, 3.8) is 0 Å². The van der Waals surface area contributed by atoms with Crippen LogP contribution in [0.2, 0.25) is 5.02 Å². The van der Waals surface area contributed by atoms with Gasteiger partial charge in [0.2, 0.25) is 0 Å². The van der Waals surface area contributed by atoms with Crippen LogP contribution in [0.5, 0.6) is 5.75 Å². The van der Waals surface area contributed by atoms with Gasteiger partial charge in [0.15, 0.2) is 0 Å². The molecule has 1 unspecified atom stereocenters. The number of anilines is 1. The van der Waals surface area contributed by atoms with Crippen LogP contribution in [0, 0.1) is 13.8 Å². The molecule has 0 aliphatic heterocycles.